The number of nitrogens with zero attached hydrogens (tertiary/aromatic N) is 3. The van der Waals surface area contributed by atoms with Crippen molar-refractivity contribution in [2.45, 2.75) is 13.8 Å². The summed E-state index contributed by atoms with van der Waals surface area (Å²) < 4.78 is 3.37. The van der Waals surface area contributed by atoms with Crippen LogP contribution in [0.3, 0.4) is 0 Å². The van der Waals surface area contributed by atoms with Gasteiger partial charge >= 0.3 is 0 Å². The monoisotopic (exact) mass is 347 g/mol. The summed E-state index contributed by atoms with van der Waals surface area (Å²) in [6.07, 6.45) is 0. The number of hydrogen-bond acceptors (Lipinski definition) is 3. The Bertz CT molecular complexity index is 848. The van der Waals surface area contributed by atoms with E-state index in [1.165, 1.54) is 20.6 Å². The molecule has 1 aromatic rings. The molecule has 0 atom stereocenters. The number of aromatic nitrogens is 1. The average Bonchev–Trinajstić information content (AvgIpc) is 2.53. The molecule has 0 aromatic heterocycles. The predicted molar refractivity (Wildman–Crippen MR) is 96.9 cm³/mol. The van der Waals surface area contributed by atoms with Gasteiger partial charge in [0.2, 0.25) is 5.36 Å². The first-order valence-corrected chi connectivity index (χ1v) is 8.54. The summed E-state index contributed by atoms with van der Waals surface area (Å²) in [5, 5.41) is 1.21. The van der Waals surface area contributed by atoms with Gasteiger partial charge in [-0.2, -0.15) is 0 Å². The van der Waals surface area contributed by atoms with Crippen molar-refractivity contribution >= 4 is 27.2 Å². The molecule has 23 heavy (non-hydrogen) atoms. The molecule has 122 valence electrons. The topological polar surface area (TPSA) is 19.1 Å². The minimum Gasteiger partial charge on any atom is -1.00 e. The van der Waals surface area contributed by atoms with Gasteiger partial charge in [0.15, 0.2) is 0 Å². The lowest BCUT2D eigenvalue weighted by molar-refractivity contribution is -0.00000454. The summed E-state index contributed by atoms with van der Waals surface area (Å²) >= 11 is 1.82. The Morgan fingerprint density at radius 3 is 2.43 bits per heavy atom. The van der Waals surface area contributed by atoms with Crippen LogP contribution in [0.1, 0.15) is 13.8 Å². The highest BCUT2D eigenvalue weighted by molar-refractivity contribution is 7.21. The molecular formula is C18H22ClN3S. The van der Waals surface area contributed by atoms with Crippen molar-refractivity contribution in [3.63, 3.8) is 0 Å². The molecule has 3 rings (SSSR count). The van der Waals surface area contributed by atoms with E-state index in [0.717, 1.165) is 24.3 Å². The van der Waals surface area contributed by atoms with E-state index in [4.69, 9.17) is 4.98 Å². The van der Waals surface area contributed by atoms with Gasteiger partial charge in [-0.3, -0.25) is 0 Å². The second-order valence-corrected chi connectivity index (χ2v) is 6.67. The van der Waals surface area contributed by atoms with E-state index in [1.54, 1.807) is 0 Å². The quantitative estimate of drug-likeness (QED) is 0.501. The molecule has 0 saturated carbocycles. The maximum atomic E-state index is 4.80. The normalized spacial score (nSPS) is 10.6. The van der Waals surface area contributed by atoms with E-state index in [-0.39, 0.29) is 12.4 Å². The molecule has 2 aliphatic rings. The van der Waals surface area contributed by atoms with E-state index >= 15 is 0 Å². The first-order chi connectivity index (χ1) is 10.6. The van der Waals surface area contributed by atoms with E-state index in [0.29, 0.717) is 0 Å². The molecule has 1 aliphatic carbocycles. The molecule has 1 aromatic carbocycles. The summed E-state index contributed by atoms with van der Waals surface area (Å²) in [5.41, 5.74) is 3.42. The molecule has 0 saturated heterocycles. The first kappa shape index (κ1) is 17.7. The minimum atomic E-state index is 0. The Balaban J connectivity index is 0.00000192. The summed E-state index contributed by atoms with van der Waals surface area (Å²) in [4.78, 5) is 8.40. The van der Waals surface area contributed by atoms with E-state index in [9.17, 15) is 0 Å². The number of anilines is 1. The fourth-order valence-electron chi connectivity index (χ4n) is 2.67. The third-order valence-corrected chi connectivity index (χ3v) is 5.09. The van der Waals surface area contributed by atoms with Gasteiger partial charge in [0.25, 0.3) is 0 Å². The van der Waals surface area contributed by atoms with E-state index in [1.807, 2.05) is 11.3 Å². The lowest BCUT2D eigenvalue weighted by Crippen LogP contribution is -3.00. The molecule has 0 spiro atoms. The Labute approximate surface area is 147 Å². The molecule has 1 aliphatic heterocycles. The van der Waals surface area contributed by atoms with Crippen molar-refractivity contribution in [3.8, 4) is 10.6 Å². The zero-order chi connectivity index (χ0) is 15.7. The van der Waals surface area contributed by atoms with Crippen LogP contribution in [0, 0.1) is 0 Å². The number of benzene rings is 2. The highest BCUT2D eigenvalue weighted by Crippen LogP contribution is 2.31. The maximum Gasteiger partial charge on any atom is 0.201 e. The van der Waals surface area contributed by atoms with Gasteiger partial charge in [0.1, 0.15) is 14.1 Å². The number of hydrogen-bond donors (Lipinski definition) is 0. The van der Waals surface area contributed by atoms with Crippen molar-refractivity contribution in [2.24, 2.45) is 0 Å². The van der Waals surface area contributed by atoms with Gasteiger partial charge in [-0.05, 0) is 38.1 Å². The Kier molecular flexibility index (Phi) is 5.60. The largest absolute Gasteiger partial charge is 1.00 e. The lowest BCUT2D eigenvalue weighted by Gasteiger charge is -2.21. The van der Waals surface area contributed by atoms with Crippen LogP contribution in [0.15, 0.2) is 36.4 Å². The average molecular weight is 348 g/mol. The molecule has 0 N–H and O–H groups in total. The minimum absolute atomic E-state index is 0. The van der Waals surface area contributed by atoms with Gasteiger partial charge in [-0.15, -0.1) is 11.3 Å². The van der Waals surface area contributed by atoms with Crippen molar-refractivity contribution in [3.05, 3.63) is 41.8 Å². The summed E-state index contributed by atoms with van der Waals surface area (Å²) in [6, 6.07) is 13.0. The van der Waals surface area contributed by atoms with Crippen LogP contribution in [0.5, 0.6) is 0 Å². The highest BCUT2D eigenvalue weighted by Gasteiger charge is 2.10. The molecule has 5 heteroatoms. The maximum absolute atomic E-state index is 4.80. The number of halogens is 1. The van der Waals surface area contributed by atoms with Crippen LogP contribution in [0.4, 0.5) is 5.69 Å². The van der Waals surface area contributed by atoms with Crippen molar-refractivity contribution in [1.82, 2.24) is 9.56 Å². The third kappa shape index (κ3) is 3.48. The van der Waals surface area contributed by atoms with Gasteiger partial charge in [-0.1, -0.05) is 0 Å². The zero-order valence-electron chi connectivity index (χ0n) is 14.0. The summed E-state index contributed by atoms with van der Waals surface area (Å²) in [7, 11) is 4.14. The Hall–Kier alpha value is -1.65. The van der Waals surface area contributed by atoms with Crippen LogP contribution < -0.4 is 27.2 Å². The molecule has 0 amide bonds. The van der Waals surface area contributed by atoms with Crippen LogP contribution in [-0.4, -0.2) is 32.2 Å². The molecule has 3 nitrogen and oxygen atoms in total. The molecule has 0 radical (unpaired) electrons. The van der Waals surface area contributed by atoms with Gasteiger partial charge < -0.3 is 17.3 Å². The van der Waals surface area contributed by atoms with Crippen LogP contribution in [-0.2, 0) is 0 Å². The van der Waals surface area contributed by atoms with Crippen molar-refractivity contribution in [1.29, 1.82) is 0 Å². The number of rotatable bonds is 3. The summed E-state index contributed by atoms with van der Waals surface area (Å²) in [6.45, 7) is 6.44. The molecule has 0 bridgehead atoms. The standard InChI is InChI=1S/C18H22N3S.ClH/c1-5-21(6-2)14-8-10-16-18(12-14)22-17-11-13(20(3)4)7-9-15(17)19-16;/h7-12H,5-6H2,1-4H3;1H/q+1;/p-1. The molecule has 1 heterocycles. The fourth-order valence-corrected chi connectivity index (χ4v) is 3.70. The van der Waals surface area contributed by atoms with E-state index < -0.39 is 0 Å². The Morgan fingerprint density at radius 1 is 1.04 bits per heavy atom. The highest BCUT2D eigenvalue weighted by atomic mass is 35.5. The van der Waals surface area contributed by atoms with Crippen molar-refractivity contribution in [2.75, 3.05) is 32.1 Å². The van der Waals surface area contributed by atoms with Crippen LogP contribution in [0.2, 0.25) is 0 Å². The van der Waals surface area contributed by atoms with Gasteiger partial charge in [0.05, 0.1) is 20.8 Å². The van der Waals surface area contributed by atoms with Crippen molar-refractivity contribution < 1.29 is 12.4 Å². The lowest BCUT2D eigenvalue weighted by atomic mass is 10.2. The SMILES string of the molecule is CCN(CC)c1ccc2nc3ccc(=[N+](C)C)cc-3sc2c1.[Cl-]. The predicted octanol–water partition coefficient (Wildman–Crippen LogP) is 0.283. The smallest absolute Gasteiger partial charge is 0.201 e. The third-order valence-electron chi connectivity index (χ3n) is 3.99. The molecular weight excluding hydrogens is 326 g/mol. The zero-order valence-corrected chi connectivity index (χ0v) is 15.6. The first-order valence-electron chi connectivity index (χ1n) is 7.72. The second kappa shape index (κ2) is 7.28. The Morgan fingerprint density at radius 2 is 1.78 bits per heavy atom. The summed E-state index contributed by atoms with van der Waals surface area (Å²) in [5.74, 6) is 0. The molecule has 0 unspecified atom stereocenters. The second-order valence-electron chi connectivity index (χ2n) is 5.58. The van der Waals surface area contributed by atoms with Crippen LogP contribution >= 0.6 is 11.3 Å². The molecule has 0 fully saturated rings. The van der Waals surface area contributed by atoms with Crippen LogP contribution in [0.25, 0.3) is 20.8 Å². The van der Waals surface area contributed by atoms with E-state index in [2.05, 4.69) is 73.8 Å². The van der Waals surface area contributed by atoms with Gasteiger partial charge in [0, 0.05) is 30.9 Å². The number of fused-ring (bicyclic) bond motifs is 2. The van der Waals surface area contributed by atoms with Gasteiger partial charge in [-0.25, -0.2) is 9.56 Å². The fraction of sp³-hybridized carbons (Fsp3) is 0.333.